The number of aromatic nitrogens is 3. The summed E-state index contributed by atoms with van der Waals surface area (Å²) in [5.41, 5.74) is 8.06. The molecule has 3 heterocycles. The van der Waals surface area contributed by atoms with Crippen molar-refractivity contribution in [3.8, 4) is 11.3 Å². The van der Waals surface area contributed by atoms with E-state index in [-0.39, 0.29) is 10.6 Å². The number of nitrogens with zero attached hydrogens (tertiary/aromatic N) is 4. The van der Waals surface area contributed by atoms with Crippen molar-refractivity contribution in [3.05, 3.63) is 47.4 Å². The second kappa shape index (κ2) is 6.45. The van der Waals surface area contributed by atoms with E-state index in [0.29, 0.717) is 22.4 Å². The third kappa shape index (κ3) is 3.22. The number of piperidine rings is 1. The Bertz CT molecular complexity index is 965. The normalized spacial score (nSPS) is 16.8. The van der Waals surface area contributed by atoms with Crippen molar-refractivity contribution in [2.45, 2.75) is 25.3 Å². The number of hydrogen-bond donors (Lipinski definition) is 1. The standard InChI is InChI=1S/C19H19ClFN5/c1-19(22)7-9-26(10-8-19)16-11-23-18-15(24-16)6-5-14(25-18)12-3-2-4-13(20)17(12)21/h2-6,11H,7-10,22H2,1H3. The molecule has 26 heavy (non-hydrogen) atoms. The Kier molecular flexibility index (Phi) is 4.25. The summed E-state index contributed by atoms with van der Waals surface area (Å²) in [6.07, 6.45) is 3.54. The number of nitrogens with two attached hydrogens (primary N) is 1. The maximum absolute atomic E-state index is 14.2. The van der Waals surface area contributed by atoms with Crippen LogP contribution in [0.25, 0.3) is 22.4 Å². The lowest BCUT2D eigenvalue weighted by Gasteiger charge is -2.37. The van der Waals surface area contributed by atoms with Gasteiger partial charge >= 0.3 is 0 Å². The molecule has 1 aromatic carbocycles. The van der Waals surface area contributed by atoms with Crippen LogP contribution in [0.3, 0.4) is 0 Å². The molecule has 0 atom stereocenters. The van der Waals surface area contributed by atoms with Gasteiger partial charge in [-0.25, -0.2) is 19.3 Å². The lowest BCUT2D eigenvalue weighted by Crippen LogP contribution is -2.48. The SMILES string of the molecule is CC1(N)CCN(c2cnc3nc(-c4cccc(Cl)c4F)ccc3n2)CC1. The van der Waals surface area contributed by atoms with E-state index in [1.165, 1.54) is 6.07 Å². The van der Waals surface area contributed by atoms with Crippen LogP contribution in [0.4, 0.5) is 10.2 Å². The van der Waals surface area contributed by atoms with E-state index < -0.39 is 5.82 Å². The van der Waals surface area contributed by atoms with Gasteiger partial charge in [0.2, 0.25) is 0 Å². The summed E-state index contributed by atoms with van der Waals surface area (Å²) in [6, 6.07) is 8.41. The summed E-state index contributed by atoms with van der Waals surface area (Å²) < 4.78 is 14.2. The van der Waals surface area contributed by atoms with Crippen molar-refractivity contribution in [1.82, 2.24) is 15.0 Å². The minimum Gasteiger partial charge on any atom is -0.355 e. The van der Waals surface area contributed by atoms with Crippen LogP contribution in [-0.4, -0.2) is 33.6 Å². The maximum Gasteiger partial charge on any atom is 0.178 e. The van der Waals surface area contributed by atoms with Crippen LogP contribution >= 0.6 is 11.6 Å². The van der Waals surface area contributed by atoms with Gasteiger partial charge < -0.3 is 10.6 Å². The van der Waals surface area contributed by atoms with Crippen molar-refractivity contribution in [2.75, 3.05) is 18.0 Å². The second-order valence-electron chi connectivity index (χ2n) is 7.01. The Morgan fingerprint density at radius 1 is 1.15 bits per heavy atom. The molecule has 2 aromatic heterocycles. The lowest BCUT2D eigenvalue weighted by molar-refractivity contribution is 0.363. The third-order valence-electron chi connectivity index (χ3n) is 4.85. The van der Waals surface area contributed by atoms with E-state index in [2.05, 4.69) is 26.8 Å². The average molecular weight is 372 g/mol. The molecule has 5 nitrogen and oxygen atoms in total. The topological polar surface area (TPSA) is 67.9 Å². The van der Waals surface area contributed by atoms with Crippen LogP contribution in [0.15, 0.2) is 36.5 Å². The van der Waals surface area contributed by atoms with Gasteiger partial charge in [0.05, 0.1) is 16.9 Å². The van der Waals surface area contributed by atoms with Crippen molar-refractivity contribution in [3.63, 3.8) is 0 Å². The van der Waals surface area contributed by atoms with Gasteiger partial charge in [-0.15, -0.1) is 0 Å². The number of benzene rings is 1. The van der Waals surface area contributed by atoms with E-state index in [1.54, 1.807) is 24.4 Å². The fourth-order valence-electron chi connectivity index (χ4n) is 3.15. The summed E-state index contributed by atoms with van der Waals surface area (Å²) in [5.74, 6) is 0.334. The maximum atomic E-state index is 14.2. The first kappa shape index (κ1) is 17.1. The summed E-state index contributed by atoms with van der Waals surface area (Å²) in [4.78, 5) is 15.7. The third-order valence-corrected chi connectivity index (χ3v) is 5.14. The molecule has 134 valence electrons. The molecule has 0 aliphatic carbocycles. The van der Waals surface area contributed by atoms with Gasteiger partial charge in [0.1, 0.15) is 11.3 Å². The summed E-state index contributed by atoms with van der Waals surface area (Å²) in [6.45, 7) is 3.79. The molecule has 2 N–H and O–H groups in total. The Morgan fingerprint density at radius 2 is 1.92 bits per heavy atom. The first-order valence-electron chi connectivity index (χ1n) is 8.55. The molecular formula is C19H19ClFN5. The van der Waals surface area contributed by atoms with E-state index >= 15 is 0 Å². The zero-order chi connectivity index (χ0) is 18.3. The number of halogens is 2. The molecule has 4 rings (SSSR count). The van der Waals surface area contributed by atoms with E-state index in [4.69, 9.17) is 17.3 Å². The van der Waals surface area contributed by atoms with Gasteiger partial charge in [0.15, 0.2) is 11.5 Å². The molecule has 0 bridgehead atoms. The highest BCUT2D eigenvalue weighted by atomic mass is 35.5. The largest absolute Gasteiger partial charge is 0.355 e. The molecule has 1 aliphatic heterocycles. The van der Waals surface area contributed by atoms with Crippen LogP contribution in [-0.2, 0) is 0 Å². The Morgan fingerprint density at radius 3 is 2.69 bits per heavy atom. The quantitative estimate of drug-likeness (QED) is 0.742. The highest BCUT2D eigenvalue weighted by Gasteiger charge is 2.26. The molecule has 7 heteroatoms. The highest BCUT2D eigenvalue weighted by Crippen LogP contribution is 2.28. The summed E-state index contributed by atoms with van der Waals surface area (Å²) in [7, 11) is 0. The van der Waals surface area contributed by atoms with Crippen LogP contribution in [0.1, 0.15) is 19.8 Å². The zero-order valence-electron chi connectivity index (χ0n) is 14.4. The molecule has 0 spiro atoms. The van der Waals surface area contributed by atoms with Crippen LogP contribution in [0.5, 0.6) is 0 Å². The predicted molar refractivity (Wildman–Crippen MR) is 102 cm³/mol. The molecule has 0 radical (unpaired) electrons. The Balaban J connectivity index is 1.66. The van der Waals surface area contributed by atoms with Crippen molar-refractivity contribution >= 4 is 28.6 Å². The first-order chi connectivity index (χ1) is 12.4. The number of anilines is 1. The van der Waals surface area contributed by atoms with Gasteiger partial charge in [0.25, 0.3) is 0 Å². The molecule has 0 amide bonds. The zero-order valence-corrected chi connectivity index (χ0v) is 15.2. The Hall–Kier alpha value is -2.31. The molecule has 0 unspecified atom stereocenters. The minimum absolute atomic E-state index is 0.0721. The summed E-state index contributed by atoms with van der Waals surface area (Å²) >= 11 is 5.86. The molecule has 0 saturated carbocycles. The molecular weight excluding hydrogens is 353 g/mol. The molecule has 1 fully saturated rings. The van der Waals surface area contributed by atoms with Gasteiger partial charge in [-0.2, -0.15) is 0 Å². The summed E-state index contributed by atoms with van der Waals surface area (Å²) in [5, 5.41) is 0.0721. The number of fused-ring (bicyclic) bond motifs is 1. The van der Waals surface area contributed by atoms with Crippen molar-refractivity contribution in [2.24, 2.45) is 5.73 Å². The first-order valence-corrected chi connectivity index (χ1v) is 8.93. The monoisotopic (exact) mass is 371 g/mol. The lowest BCUT2D eigenvalue weighted by atomic mass is 9.91. The average Bonchev–Trinajstić information content (AvgIpc) is 2.63. The van der Waals surface area contributed by atoms with E-state index in [0.717, 1.165) is 31.7 Å². The Labute approximate surface area is 156 Å². The van der Waals surface area contributed by atoms with Gasteiger partial charge in [-0.05, 0) is 44.0 Å². The smallest absolute Gasteiger partial charge is 0.178 e. The van der Waals surface area contributed by atoms with Gasteiger partial charge in [-0.3, -0.25) is 0 Å². The van der Waals surface area contributed by atoms with Gasteiger partial charge in [-0.1, -0.05) is 17.7 Å². The number of pyridine rings is 1. The fraction of sp³-hybridized carbons (Fsp3) is 0.316. The van der Waals surface area contributed by atoms with Crippen molar-refractivity contribution < 1.29 is 4.39 Å². The minimum atomic E-state index is -0.483. The fourth-order valence-corrected chi connectivity index (χ4v) is 3.32. The number of rotatable bonds is 2. The molecule has 1 saturated heterocycles. The van der Waals surface area contributed by atoms with Crippen molar-refractivity contribution in [1.29, 1.82) is 0 Å². The van der Waals surface area contributed by atoms with Crippen LogP contribution in [0.2, 0.25) is 5.02 Å². The van der Waals surface area contributed by atoms with E-state index in [1.807, 2.05) is 6.07 Å². The van der Waals surface area contributed by atoms with Gasteiger partial charge in [0, 0.05) is 24.2 Å². The highest BCUT2D eigenvalue weighted by molar-refractivity contribution is 6.31. The van der Waals surface area contributed by atoms with E-state index in [9.17, 15) is 4.39 Å². The molecule has 3 aromatic rings. The van der Waals surface area contributed by atoms with Crippen LogP contribution in [0, 0.1) is 5.82 Å². The molecule has 1 aliphatic rings. The second-order valence-corrected chi connectivity index (χ2v) is 7.42. The van der Waals surface area contributed by atoms with Crippen LogP contribution < -0.4 is 10.6 Å². The predicted octanol–water partition coefficient (Wildman–Crippen LogP) is 3.80. The number of hydrogen-bond acceptors (Lipinski definition) is 5.